The molecule has 1 N–H and O–H groups in total. The molecule has 1 saturated carbocycles. The fourth-order valence-corrected chi connectivity index (χ4v) is 3.86. The van der Waals surface area contributed by atoms with Crippen LogP contribution in [0.25, 0.3) is 0 Å². The Morgan fingerprint density at radius 3 is 2.81 bits per heavy atom. The third kappa shape index (κ3) is 3.83. The number of benzene rings is 1. The summed E-state index contributed by atoms with van der Waals surface area (Å²) in [5.41, 5.74) is 0.955. The summed E-state index contributed by atoms with van der Waals surface area (Å²) >= 11 is 0. The van der Waals surface area contributed by atoms with Crippen LogP contribution in [-0.4, -0.2) is 24.8 Å². The first kappa shape index (κ1) is 15.0. The first-order valence-electron chi connectivity index (χ1n) is 8.38. The van der Waals surface area contributed by atoms with E-state index in [2.05, 4.69) is 5.32 Å². The maximum Gasteiger partial charge on any atom is 0.126 e. The Balaban J connectivity index is 1.48. The lowest BCUT2D eigenvalue weighted by atomic mass is 9.78. The average molecular weight is 291 g/mol. The molecule has 0 aromatic heterocycles. The molecule has 1 spiro atoms. The van der Waals surface area contributed by atoms with Crippen LogP contribution in [0.15, 0.2) is 24.3 Å². The molecule has 3 heteroatoms. The van der Waals surface area contributed by atoms with Crippen LogP contribution in [0.1, 0.15) is 50.5 Å². The fraction of sp³-hybridized carbons (Fsp3) is 0.667. The van der Waals surface area contributed by atoms with Crippen molar-refractivity contribution in [3.63, 3.8) is 0 Å². The molecule has 1 aromatic rings. The van der Waals surface area contributed by atoms with Crippen molar-refractivity contribution in [2.75, 3.05) is 13.2 Å². The first-order chi connectivity index (χ1) is 10.3. The van der Waals surface area contributed by atoms with E-state index in [1.807, 2.05) is 12.1 Å². The van der Waals surface area contributed by atoms with Crippen molar-refractivity contribution in [2.45, 2.75) is 63.0 Å². The second-order valence-electron chi connectivity index (χ2n) is 6.58. The van der Waals surface area contributed by atoms with Gasteiger partial charge in [0.1, 0.15) is 5.82 Å². The maximum atomic E-state index is 13.6. The van der Waals surface area contributed by atoms with Crippen molar-refractivity contribution in [3.05, 3.63) is 35.6 Å². The van der Waals surface area contributed by atoms with Crippen LogP contribution in [0.2, 0.25) is 0 Å². The molecule has 116 valence electrons. The highest BCUT2D eigenvalue weighted by Crippen LogP contribution is 2.38. The quantitative estimate of drug-likeness (QED) is 0.910. The lowest BCUT2D eigenvalue weighted by Gasteiger charge is -2.43. The molecule has 3 rings (SSSR count). The molecule has 1 aromatic carbocycles. The molecule has 0 radical (unpaired) electrons. The van der Waals surface area contributed by atoms with Gasteiger partial charge in [-0.25, -0.2) is 4.39 Å². The van der Waals surface area contributed by atoms with E-state index in [1.165, 1.54) is 32.1 Å². The Bertz CT molecular complexity index is 451. The Morgan fingerprint density at radius 2 is 2.00 bits per heavy atom. The van der Waals surface area contributed by atoms with Gasteiger partial charge >= 0.3 is 0 Å². The Hall–Kier alpha value is -0.930. The normalized spacial score (nSPS) is 25.1. The highest BCUT2D eigenvalue weighted by Gasteiger charge is 2.38. The Labute approximate surface area is 127 Å². The maximum absolute atomic E-state index is 13.6. The largest absolute Gasteiger partial charge is 0.375 e. The summed E-state index contributed by atoms with van der Waals surface area (Å²) in [7, 11) is 0. The van der Waals surface area contributed by atoms with Gasteiger partial charge in [-0.3, -0.25) is 0 Å². The standard InChI is InChI=1S/C18H26FNO/c19-17-7-3-2-6-15(17)8-12-20-16-9-13-21-18(14-16)10-4-1-5-11-18/h2-3,6-7,16,20H,1,4-5,8-14H2. The van der Waals surface area contributed by atoms with Crippen molar-refractivity contribution in [1.29, 1.82) is 0 Å². The van der Waals surface area contributed by atoms with Crippen molar-refractivity contribution >= 4 is 0 Å². The number of hydrogen-bond donors (Lipinski definition) is 1. The minimum atomic E-state index is -0.0879. The SMILES string of the molecule is Fc1ccccc1CCNC1CCOC2(CCCCC2)C1. The first-order valence-corrected chi connectivity index (χ1v) is 8.38. The van der Waals surface area contributed by atoms with Crippen LogP contribution in [0, 0.1) is 5.82 Å². The summed E-state index contributed by atoms with van der Waals surface area (Å²) in [6, 6.07) is 7.61. The smallest absolute Gasteiger partial charge is 0.126 e. The van der Waals surface area contributed by atoms with E-state index in [4.69, 9.17) is 4.74 Å². The third-order valence-corrected chi connectivity index (χ3v) is 5.04. The van der Waals surface area contributed by atoms with Gasteiger partial charge in [0.15, 0.2) is 0 Å². The van der Waals surface area contributed by atoms with Crippen LogP contribution < -0.4 is 5.32 Å². The molecule has 2 nitrogen and oxygen atoms in total. The summed E-state index contributed by atoms with van der Waals surface area (Å²) in [5.74, 6) is -0.0879. The Kier molecular flexibility index (Phi) is 4.91. The molecule has 1 heterocycles. The number of halogens is 1. The topological polar surface area (TPSA) is 21.3 Å². The Morgan fingerprint density at radius 1 is 1.19 bits per heavy atom. The van der Waals surface area contributed by atoms with Gasteiger partial charge in [0.2, 0.25) is 0 Å². The molecule has 1 unspecified atom stereocenters. The highest BCUT2D eigenvalue weighted by molar-refractivity contribution is 5.17. The van der Waals surface area contributed by atoms with Gasteiger partial charge in [0.05, 0.1) is 5.60 Å². The molecule has 1 saturated heterocycles. The van der Waals surface area contributed by atoms with E-state index >= 15 is 0 Å². The number of ether oxygens (including phenoxy) is 1. The third-order valence-electron chi connectivity index (χ3n) is 5.04. The molecular formula is C18H26FNO. The summed E-state index contributed by atoms with van der Waals surface area (Å²) in [5, 5.41) is 3.62. The van der Waals surface area contributed by atoms with Crippen molar-refractivity contribution < 1.29 is 9.13 Å². The van der Waals surface area contributed by atoms with Crippen molar-refractivity contribution in [2.24, 2.45) is 0 Å². The molecule has 1 atom stereocenters. The predicted octanol–water partition coefficient (Wildman–Crippen LogP) is 3.84. The van der Waals surface area contributed by atoms with Crippen LogP contribution in [0.4, 0.5) is 4.39 Å². The molecule has 1 aliphatic carbocycles. The van der Waals surface area contributed by atoms with E-state index < -0.39 is 0 Å². The predicted molar refractivity (Wildman–Crippen MR) is 82.9 cm³/mol. The zero-order valence-electron chi connectivity index (χ0n) is 12.7. The summed E-state index contributed by atoms with van der Waals surface area (Å²) in [6.07, 6.45) is 9.39. The van der Waals surface area contributed by atoms with E-state index in [0.29, 0.717) is 6.04 Å². The van der Waals surface area contributed by atoms with Crippen LogP contribution in [0.5, 0.6) is 0 Å². The summed E-state index contributed by atoms with van der Waals surface area (Å²) < 4.78 is 19.7. The van der Waals surface area contributed by atoms with Gasteiger partial charge in [0.25, 0.3) is 0 Å². The lowest BCUT2D eigenvalue weighted by molar-refractivity contribution is -0.109. The molecule has 0 amide bonds. The van der Waals surface area contributed by atoms with Gasteiger partial charge in [-0.15, -0.1) is 0 Å². The molecule has 2 aliphatic rings. The van der Waals surface area contributed by atoms with Gasteiger partial charge in [0, 0.05) is 12.6 Å². The zero-order valence-corrected chi connectivity index (χ0v) is 12.7. The van der Waals surface area contributed by atoms with Crippen molar-refractivity contribution in [1.82, 2.24) is 5.32 Å². The molecule has 21 heavy (non-hydrogen) atoms. The lowest BCUT2D eigenvalue weighted by Crippen LogP contribution is -2.48. The minimum Gasteiger partial charge on any atom is -0.375 e. The van der Waals surface area contributed by atoms with Crippen molar-refractivity contribution in [3.8, 4) is 0 Å². The second-order valence-corrected chi connectivity index (χ2v) is 6.58. The van der Waals surface area contributed by atoms with Gasteiger partial charge < -0.3 is 10.1 Å². The van der Waals surface area contributed by atoms with Crippen LogP contribution >= 0.6 is 0 Å². The second kappa shape index (κ2) is 6.89. The van der Waals surface area contributed by atoms with Gasteiger partial charge in [-0.05, 0) is 50.3 Å². The molecule has 2 fully saturated rings. The minimum absolute atomic E-state index is 0.0879. The van der Waals surface area contributed by atoms with E-state index in [0.717, 1.165) is 38.0 Å². The molecule has 0 bridgehead atoms. The van der Waals surface area contributed by atoms with E-state index in [9.17, 15) is 4.39 Å². The van der Waals surface area contributed by atoms with E-state index in [1.54, 1.807) is 12.1 Å². The zero-order chi connectivity index (χ0) is 14.5. The van der Waals surface area contributed by atoms with Gasteiger partial charge in [-0.1, -0.05) is 37.5 Å². The summed E-state index contributed by atoms with van der Waals surface area (Å²) in [4.78, 5) is 0. The van der Waals surface area contributed by atoms with E-state index in [-0.39, 0.29) is 11.4 Å². The fourth-order valence-electron chi connectivity index (χ4n) is 3.86. The number of rotatable bonds is 4. The average Bonchev–Trinajstić information content (AvgIpc) is 2.50. The monoisotopic (exact) mass is 291 g/mol. The summed E-state index contributed by atoms with van der Waals surface area (Å²) in [6.45, 7) is 1.72. The number of nitrogens with one attached hydrogen (secondary N) is 1. The van der Waals surface area contributed by atoms with Gasteiger partial charge in [-0.2, -0.15) is 0 Å². The highest BCUT2D eigenvalue weighted by atomic mass is 19.1. The molecule has 1 aliphatic heterocycles. The number of hydrogen-bond acceptors (Lipinski definition) is 2. The van der Waals surface area contributed by atoms with Crippen LogP contribution in [-0.2, 0) is 11.2 Å². The molecular weight excluding hydrogens is 265 g/mol. The van der Waals surface area contributed by atoms with Crippen LogP contribution in [0.3, 0.4) is 0 Å².